The number of ether oxygens (including phenoxy) is 1. The minimum absolute atomic E-state index is 0.155. The van der Waals surface area contributed by atoms with E-state index in [0.717, 1.165) is 18.4 Å². The molecule has 1 aromatic carbocycles. The fraction of sp³-hybridized carbons (Fsp3) is 0.600. The van der Waals surface area contributed by atoms with Crippen LogP contribution in [0.1, 0.15) is 31.4 Å². The second kappa shape index (κ2) is 7.49. The van der Waals surface area contributed by atoms with Crippen LogP contribution in [0.4, 0.5) is 0 Å². The van der Waals surface area contributed by atoms with E-state index in [4.69, 9.17) is 27.9 Å². The van der Waals surface area contributed by atoms with E-state index in [-0.39, 0.29) is 17.7 Å². The van der Waals surface area contributed by atoms with Gasteiger partial charge in [0, 0.05) is 36.3 Å². The molecule has 124 valence electrons. The molecular formula is C15H21Cl2NO3S. The smallest absolute Gasteiger partial charge is 0.214 e. The zero-order chi connectivity index (χ0) is 16.3. The van der Waals surface area contributed by atoms with Crippen molar-refractivity contribution in [1.82, 2.24) is 4.31 Å². The van der Waals surface area contributed by atoms with Gasteiger partial charge in [-0.1, -0.05) is 29.3 Å². The van der Waals surface area contributed by atoms with E-state index in [9.17, 15) is 8.42 Å². The second-order valence-corrected chi connectivity index (χ2v) is 8.61. The summed E-state index contributed by atoms with van der Waals surface area (Å²) < 4.78 is 31.9. The van der Waals surface area contributed by atoms with Crippen molar-refractivity contribution in [2.45, 2.75) is 25.8 Å². The van der Waals surface area contributed by atoms with Gasteiger partial charge < -0.3 is 4.74 Å². The van der Waals surface area contributed by atoms with Crippen molar-refractivity contribution in [2.24, 2.45) is 5.92 Å². The SMILES string of the molecule is CC(c1ccc(Cl)cc1Cl)N(C)S(=O)(=O)CC1CCOCC1. The predicted molar refractivity (Wildman–Crippen MR) is 90.0 cm³/mol. The number of sulfonamides is 1. The summed E-state index contributed by atoms with van der Waals surface area (Å²) in [5.41, 5.74) is 0.754. The lowest BCUT2D eigenvalue weighted by atomic mass is 10.0. The van der Waals surface area contributed by atoms with Gasteiger partial charge in [-0.25, -0.2) is 8.42 Å². The van der Waals surface area contributed by atoms with E-state index in [1.54, 1.807) is 25.2 Å². The third kappa shape index (κ3) is 4.36. The Balaban J connectivity index is 2.12. The van der Waals surface area contributed by atoms with E-state index in [2.05, 4.69) is 0 Å². The maximum absolute atomic E-state index is 12.6. The molecule has 7 heteroatoms. The molecule has 0 N–H and O–H groups in total. The minimum atomic E-state index is -3.35. The van der Waals surface area contributed by atoms with Crippen LogP contribution in [-0.4, -0.2) is 38.7 Å². The van der Waals surface area contributed by atoms with E-state index < -0.39 is 10.0 Å². The molecule has 0 aliphatic carbocycles. The third-order valence-corrected chi connectivity index (χ3v) is 6.83. The van der Waals surface area contributed by atoms with Gasteiger partial charge in [-0.05, 0) is 43.4 Å². The van der Waals surface area contributed by atoms with Crippen LogP contribution in [0.5, 0.6) is 0 Å². The zero-order valence-electron chi connectivity index (χ0n) is 12.8. The predicted octanol–water partition coefficient (Wildman–Crippen LogP) is 3.74. The Morgan fingerprint density at radius 1 is 1.32 bits per heavy atom. The molecule has 1 unspecified atom stereocenters. The van der Waals surface area contributed by atoms with Crippen molar-refractivity contribution in [2.75, 3.05) is 26.0 Å². The summed E-state index contributed by atoms with van der Waals surface area (Å²) in [6.07, 6.45) is 1.59. The summed E-state index contributed by atoms with van der Waals surface area (Å²) in [7, 11) is -1.75. The quantitative estimate of drug-likeness (QED) is 0.798. The molecule has 1 aromatic rings. The molecule has 22 heavy (non-hydrogen) atoms. The summed E-state index contributed by atoms with van der Waals surface area (Å²) in [5.74, 6) is 0.316. The van der Waals surface area contributed by atoms with Crippen LogP contribution in [0.2, 0.25) is 10.0 Å². The average Bonchev–Trinajstić information content (AvgIpc) is 2.46. The zero-order valence-corrected chi connectivity index (χ0v) is 15.1. The van der Waals surface area contributed by atoms with E-state index in [0.29, 0.717) is 23.3 Å². The Morgan fingerprint density at radius 2 is 1.95 bits per heavy atom. The van der Waals surface area contributed by atoms with E-state index >= 15 is 0 Å². The molecule has 0 bridgehead atoms. The molecule has 1 aliphatic rings. The maximum atomic E-state index is 12.6. The van der Waals surface area contributed by atoms with Crippen LogP contribution in [0, 0.1) is 5.92 Å². The van der Waals surface area contributed by atoms with Gasteiger partial charge in [0.05, 0.1) is 5.75 Å². The molecule has 1 heterocycles. The highest BCUT2D eigenvalue weighted by Gasteiger charge is 2.29. The van der Waals surface area contributed by atoms with Gasteiger partial charge in [-0.3, -0.25) is 0 Å². The molecule has 4 nitrogen and oxygen atoms in total. The molecule has 1 aliphatic heterocycles. The molecule has 0 amide bonds. The first-order valence-electron chi connectivity index (χ1n) is 7.29. The Morgan fingerprint density at radius 3 is 2.55 bits per heavy atom. The van der Waals surface area contributed by atoms with E-state index in [1.807, 2.05) is 6.92 Å². The summed E-state index contributed by atoms with van der Waals surface area (Å²) in [5, 5.41) is 1.02. The Kier molecular flexibility index (Phi) is 6.14. The fourth-order valence-corrected chi connectivity index (χ4v) is 4.93. The molecular weight excluding hydrogens is 345 g/mol. The van der Waals surface area contributed by atoms with Gasteiger partial charge in [0.25, 0.3) is 0 Å². The van der Waals surface area contributed by atoms with Crippen LogP contribution in [0.25, 0.3) is 0 Å². The van der Waals surface area contributed by atoms with Crippen molar-refractivity contribution in [3.63, 3.8) is 0 Å². The van der Waals surface area contributed by atoms with Gasteiger partial charge in [0.15, 0.2) is 0 Å². The average molecular weight is 366 g/mol. The molecule has 0 saturated carbocycles. The van der Waals surface area contributed by atoms with Crippen LogP contribution >= 0.6 is 23.2 Å². The van der Waals surface area contributed by atoms with Crippen LogP contribution in [-0.2, 0) is 14.8 Å². The molecule has 2 rings (SSSR count). The molecule has 0 spiro atoms. The fourth-order valence-electron chi connectivity index (χ4n) is 2.61. The lowest BCUT2D eigenvalue weighted by molar-refractivity contribution is 0.0720. The Labute approximate surface area is 142 Å². The largest absolute Gasteiger partial charge is 0.381 e. The van der Waals surface area contributed by atoms with Gasteiger partial charge in [0.1, 0.15) is 0 Å². The van der Waals surface area contributed by atoms with Crippen molar-refractivity contribution in [3.05, 3.63) is 33.8 Å². The Bertz CT molecular complexity index is 615. The first-order valence-corrected chi connectivity index (χ1v) is 9.66. The second-order valence-electron chi connectivity index (χ2n) is 5.69. The highest BCUT2D eigenvalue weighted by Crippen LogP contribution is 2.31. The molecule has 0 radical (unpaired) electrons. The highest BCUT2D eigenvalue weighted by atomic mass is 35.5. The van der Waals surface area contributed by atoms with Crippen LogP contribution in [0.15, 0.2) is 18.2 Å². The summed E-state index contributed by atoms with van der Waals surface area (Å²) in [4.78, 5) is 0. The van der Waals surface area contributed by atoms with Crippen molar-refractivity contribution in [3.8, 4) is 0 Å². The standard InChI is InChI=1S/C15H21Cl2NO3S/c1-11(14-4-3-13(16)9-15(14)17)18(2)22(19,20)10-12-5-7-21-8-6-12/h3-4,9,11-12H,5-8,10H2,1-2H3. The monoisotopic (exact) mass is 365 g/mol. The van der Waals surface area contributed by atoms with Crippen LogP contribution in [0.3, 0.4) is 0 Å². The molecule has 1 atom stereocenters. The Hall–Kier alpha value is -0.330. The minimum Gasteiger partial charge on any atom is -0.381 e. The number of rotatable bonds is 5. The van der Waals surface area contributed by atoms with Crippen molar-refractivity contribution >= 4 is 33.2 Å². The number of halogens is 2. The van der Waals surface area contributed by atoms with Crippen molar-refractivity contribution < 1.29 is 13.2 Å². The highest BCUT2D eigenvalue weighted by molar-refractivity contribution is 7.89. The van der Waals surface area contributed by atoms with Gasteiger partial charge in [-0.15, -0.1) is 0 Å². The number of benzene rings is 1. The number of hydrogen-bond acceptors (Lipinski definition) is 3. The number of hydrogen-bond donors (Lipinski definition) is 0. The summed E-state index contributed by atoms with van der Waals surface area (Å²) in [6.45, 7) is 3.11. The molecule has 1 saturated heterocycles. The molecule has 0 aromatic heterocycles. The number of nitrogens with zero attached hydrogens (tertiary/aromatic N) is 1. The normalized spacial score (nSPS) is 18.6. The van der Waals surface area contributed by atoms with Gasteiger partial charge in [-0.2, -0.15) is 4.31 Å². The van der Waals surface area contributed by atoms with Gasteiger partial charge >= 0.3 is 0 Å². The van der Waals surface area contributed by atoms with Gasteiger partial charge in [0.2, 0.25) is 10.0 Å². The topological polar surface area (TPSA) is 46.6 Å². The summed E-state index contributed by atoms with van der Waals surface area (Å²) in [6, 6.07) is 4.79. The molecule has 1 fully saturated rings. The maximum Gasteiger partial charge on any atom is 0.214 e. The lowest BCUT2D eigenvalue weighted by Gasteiger charge is -2.28. The van der Waals surface area contributed by atoms with Crippen molar-refractivity contribution in [1.29, 1.82) is 0 Å². The lowest BCUT2D eigenvalue weighted by Crippen LogP contribution is -2.35. The third-order valence-electron chi connectivity index (χ3n) is 4.18. The first kappa shape index (κ1) is 18.0. The van der Waals surface area contributed by atoms with E-state index in [1.165, 1.54) is 4.31 Å². The summed E-state index contributed by atoms with van der Waals surface area (Å²) >= 11 is 12.1. The van der Waals surface area contributed by atoms with Crippen LogP contribution < -0.4 is 0 Å². The first-order chi connectivity index (χ1) is 10.3.